The van der Waals surface area contributed by atoms with Gasteiger partial charge in [-0.1, -0.05) is 19.9 Å². The molecule has 15 heavy (non-hydrogen) atoms. The molecule has 1 aromatic heterocycles. The summed E-state index contributed by atoms with van der Waals surface area (Å²) in [7, 11) is 0. The van der Waals surface area contributed by atoms with Crippen molar-refractivity contribution in [2.45, 2.75) is 40.2 Å². The third-order valence-corrected chi connectivity index (χ3v) is 1.86. The van der Waals surface area contributed by atoms with Crippen LogP contribution in [0, 0.1) is 0 Å². The molecule has 0 fully saturated rings. The van der Waals surface area contributed by atoms with Crippen molar-refractivity contribution >= 4 is 5.97 Å². The number of aromatic nitrogens is 1. The molecule has 3 heteroatoms. The first-order valence-electron chi connectivity index (χ1n) is 5.26. The largest absolute Gasteiger partial charge is 0.550 e. The molecule has 0 saturated heterocycles. The van der Waals surface area contributed by atoms with E-state index in [0.717, 1.165) is 19.9 Å². The molecule has 0 aromatic carbocycles. The molecule has 0 N–H and O–H groups in total. The Morgan fingerprint density at radius 3 is 2.47 bits per heavy atom. The van der Waals surface area contributed by atoms with Crippen LogP contribution < -0.4 is 9.67 Å². The van der Waals surface area contributed by atoms with Gasteiger partial charge in [-0.25, -0.2) is 4.57 Å². The van der Waals surface area contributed by atoms with Crippen LogP contribution in [0.15, 0.2) is 24.4 Å². The first-order valence-corrected chi connectivity index (χ1v) is 5.26. The van der Waals surface area contributed by atoms with E-state index in [1.54, 1.807) is 0 Å². The first-order chi connectivity index (χ1) is 7.11. The summed E-state index contributed by atoms with van der Waals surface area (Å²) in [6.45, 7) is 6.52. The van der Waals surface area contributed by atoms with Crippen LogP contribution in [0.1, 0.15) is 32.9 Å². The molecule has 0 aliphatic carbocycles. The number of hydrogen-bond acceptors (Lipinski definition) is 2. The van der Waals surface area contributed by atoms with E-state index in [-0.39, 0.29) is 0 Å². The van der Waals surface area contributed by atoms with Crippen LogP contribution in [0.4, 0.5) is 0 Å². The topological polar surface area (TPSA) is 44.0 Å². The minimum Gasteiger partial charge on any atom is -0.550 e. The van der Waals surface area contributed by atoms with E-state index < -0.39 is 5.97 Å². The van der Waals surface area contributed by atoms with Crippen molar-refractivity contribution in [2.24, 2.45) is 0 Å². The van der Waals surface area contributed by atoms with Crippen LogP contribution in [-0.2, 0) is 17.8 Å². The predicted octanol–water partition coefficient (Wildman–Crippen LogP) is 0.703. The molecule has 3 nitrogen and oxygen atoms in total. The molecule has 1 rings (SSSR count). The number of aryl methyl sites for hydroxylation is 2. The SMILES string of the molecule is CC(=O)[O-].CCC[n+]1ccccc1CC. The average molecular weight is 209 g/mol. The van der Waals surface area contributed by atoms with Crippen LogP contribution in [0.25, 0.3) is 0 Å². The van der Waals surface area contributed by atoms with Crippen LogP contribution >= 0.6 is 0 Å². The summed E-state index contributed by atoms with van der Waals surface area (Å²) in [4.78, 5) is 8.89. The predicted molar refractivity (Wildman–Crippen MR) is 57.0 cm³/mol. The van der Waals surface area contributed by atoms with Gasteiger partial charge in [-0.15, -0.1) is 0 Å². The Morgan fingerprint density at radius 1 is 1.40 bits per heavy atom. The Balaban J connectivity index is 0.000000423. The van der Waals surface area contributed by atoms with Crippen molar-refractivity contribution in [3.05, 3.63) is 30.1 Å². The third kappa shape index (κ3) is 6.66. The van der Waals surface area contributed by atoms with Crippen LogP contribution in [0.2, 0.25) is 0 Å². The van der Waals surface area contributed by atoms with Gasteiger partial charge in [0.2, 0.25) is 0 Å². The highest BCUT2D eigenvalue weighted by atomic mass is 16.4. The van der Waals surface area contributed by atoms with Crippen molar-refractivity contribution in [3.63, 3.8) is 0 Å². The van der Waals surface area contributed by atoms with E-state index in [0.29, 0.717) is 0 Å². The Hall–Kier alpha value is -1.38. The molecule has 0 atom stereocenters. The summed E-state index contributed by atoms with van der Waals surface area (Å²) in [5.74, 6) is -1.08. The van der Waals surface area contributed by atoms with Crippen molar-refractivity contribution < 1.29 is 14.5 Å². The number of carbonyl (C=O) groups excluding carboxylic acids is 1. The Labute approximate surface area is 91.4 Å². The summed E-state index contributed by atoms with van der Waals surface area (Å²) in [6, 6.07) is 6.38. The standard InChI is InChI=1S/C10H16N.C2H4O2/c1-3-8-11-9-6-5-7-10(11)4-2;1-2(3)4/h5-7,9H,3-4,8H2,1-2H3;1H3,(H,3,4)/q+1;/p-1. The summed E-state index contributed by atoms with van der Waals surface area (Å²) in [5, 5.41) is 8.89. The van der Waals surface area contributed by atoms with E-state index in [1.165, 1.54) is 12.1 Å². The zero-order valence-corrected chi connectivity index (χ0v) is 9.69. The lowest BCUT2D eigenvalue weighted by Gasteiger charge is -1.98. The number of nitrogens with zero attached hydrogens (tertiary/aromatic N) is 1. The number of carboxylic acid groups (broad SMARTS) is 1. The van der Waals surface area contributed by atoms with Gasteiger partial charge in [0.05, 0.1) is 0 Å². The Bertz CT molecular complexity index is 293. The molecule has 84 valence electrons. The van der Waals surface area contributed by atoms with E-state index >= 15 is 0 Å². The van der Waals surface area contributed by atoms with Crippen molar-refractivity contribution in [2.75, 3.05) is 0 Å². The Kier molecular flexibility index (Phi) is 7.24. The molecule has 0 spiro atoms. The first kappa shape index (κ1) is 13.6. The van der Waals surface area contributed by atoms with Crippen molar-refractivity contribution in [3.8, 4) is 0 Å². The highest BCUT2D eigenvalue weighted by Crippen LogP contribution is 1.92. The van der Waals surface area contributed by atoms with E-state index in [2.05, 4.69) is 42.8 Å². The van der Waals surface area contributed by atoms with Crippen LogP contribution in [0.3, 0.4) is 0 Å². The molecule has 0 aliphatic heterocycles. The summed E-state index contributed by atoms with van der Waals surface area (Å²) < 4.78 is 2.32. The lowest BCUT2D eigenvalue weighted by atomic mass is 10.3. The minimum absolute atomic E-state index is 0.972. The van der Waals surface area contributed by atoms with Gasteiger partial charge in [0.25, 0.3) is 0 Å². The smallest absolute Gasteiger partial charge is 0.181 e. The van der Waals surface area contributed by atoms with E-state index in [9.17, 15) is 0 Å². The van der Waals surface area contributed by atoms with Crippen LogP contribution in [-0.4, -0.2) is 5.97 Å². The highest BCUT2D eigenvalue weighted by Gasteiger charge is 2.03. The number of pyridine rings is 1. The number of aliphatic carboxylic acids is 1. The third-order valence-electron chi connectivity index (χ3n) is 1.86. The molecule has 0 unspecified atom stereocenters. The Morgan fingerprint density at radius 2 is 2.00 bits per heavy atom. The van der Waals surface area contributed by atoms with Gasteiger partial charge in [-0.05, 0) is 6.92 Å². The normalized spacial score (nSPS) is 9.00. The molecule has 1 heterocycles. The van der Waals surface area contributed by atoms with Gasteiger partial charge < -0.3 is 9.90 Å². The van der Waals surface area contributed by atoms with E-state index in [4.69, 9.17) is 9.90 Å². The van der Waals surface area contributed by atoms with Gasteiger partial charge in [0.15, 0.2) is 11.9 Å². The fraction of sp³-hybridized carbons (Fsp3) is 0.500. The van der Waals surface area contributed by atoms with Gasteiger partial charge in [-0.2, -0.15) is 0 Å². The highest BCUT2D eigenvalue weighted by molar-refractivity contribution is 5.60. The molecular weight excluding hydrogens is 190 g/mol. The molecule has 0 aliphatic rings. The number of hydrogen-bond donors (Lipinski definition) is 0. The van der Waals surface area contributed by atoms with Gasteiger partial charge in [0.1, 0.15) is 6.54 Å². The second-order valence-corrected chi connectivity index (χ2v) is 3.23. The van der Waals surface area contributed by atoms with Gasteiger partial charge >= 0.3 is 0 Å². The summed E-state index contributed by atoms with van der Waals surface area (Å²) in [6.07, 6.45) is 4.49. The molecule has 0 amide bonds. The van der Waals surface area contributed by atoms with Gasteiger partial charge in [-0.3, -0.25) is 0 Å². The molecule has 0 bridgehead atoms. The quantitative estimate of drug-likeness (QED) is 0.688. The van der Waals surface area contributed by atoms with Crippen molar-refractivity contribution in [1.29, 1.82) is 0 Å². The van der Waals surface area contributed by atoms with E-state index in [1.807, 2.05) is 0 Å². The zero-order valence-electron chi connectivity index (χ0n) is 9.69. The molecule has 0 radical (unpaired) electrons. The maximum atomic E-state index is 8.89. The van der Waals surface area contributed by atoms with Crippen LogP contribution in [0.5, 0.6) is 0 Å². The number of rotatable bonds is 3. The fourth-order valence-electron chi connectivity index (χ4n) is 1.29. The second kappa shape index (κ2) is 7.97. The number of carbonyl (C=O) groups is 1. The summed E-state index contributed by atoms with van der Waals surface area (Å²) in [5.41, 5.74) is 1.43. The second-order valence-electron chi connectivity index (χ2n) is 3.23. The average Bonchev–Trinajstić information content (AvgIpc) is 2.18. The summed E-state index contributed by atoms with van der Waals surface area (Å²) >= 11 is 0. The van der Waals surface area contributed by atoms with Gasteiger partial charge in [0, 0.05) is 30.9 Å². The fourth-order valence-corrected chi connectivity index (χ4v) is 1.29. The minimum atomic E-state index is -1.08. The molecular formula is C12H19NO2. The lowest BCUT2D eigenvalue weighted by Crippen LogP contribution is -2.37. The monoisotopic (exact) mass is 209 g/mol. The number of carboxylic acids is 1. The molecule has 0 saturated carbocycles. The van der Waals surface area contributed by atoms with Crippen molar-refractivity contribution in [1.82, 2.24) is 0 Å². The molecule has 1 aromatic rings. The zero-order chi connectivity index (χ0) is 11.7. The maximum Gasteiger partial charge on any atom is 0.181 e. The lowest BCUT2D eigenvalue weighted by molar-refractivity contribution is -0.704. The maximum absolute atomic E-state index is 8.89.